The Bertz CT molecular complexity index is 589. The SMILES string of the molecule is CSCCC(NC(=O)C(CC(N)=O)NC(=O)C(C)N)C(=O)NC(CS)C(=O)O. The zero-order chi connectivity index (χ0) is 21.9. The van der Waals surface area contributed by atoms with Crippen molar-refractivity contribution in [1.29, 1.82) is 0 Å². The van der Waals surface area contributed by atoms with Gasteiger partial charge in [-0.05, 0) is 25.4 Å². The lowest BCUT2D eigenvalue weighted by atomic mass is 10.1. The van der Waals surface area contributed by atoms with E-state index in [9.17, 15) is 24.0 Å². The Morgan fingerprint density at radius 3 is 1.93 bits per heavy atom. The van der Waals surface area contributed by atoms with E-state index in [0.717, 1.165) is 0 Å². The van der Waals surface area contributed by atoms with Gasteiger partial charge in [-0.25, -0.2) is 4.79 Å². The minimum Gasteiger partial charge on any atom is -0.480 e. The molecule has 0 heterocycles. The summed E-state index contributed by atoms with van der Waals surface area (Å²) in [6, 6.07) is -4.56. The molecule has 0 aromatic carbocycles. The van der Waals surface area contributed by atoms with Gasteiger partial charge >= 0.3 is 5.97 Å². The fraction of sp³-hybridized carbons (Fsp3) is 0.667. The third kappa shape index (κ3) is 9.80. The van der Waals surface area contributed by atoms with Crippen LogP contribution in [0.4, 0.5) is 0 Å². The third-order valence-corrected chi connectivity index (χ3v) is 4.50. The van der Waals surface area contributed by atoms with Gasteiger partial charge in [-0.2, -0.15) is 24.4 Å². The Balaban J connectivity index is 5.30. The monoisotopic (exact) mass is 437 g/mol. The Morgan fingerprint density at radius 2 is 1.50 bits per heavy atom. The van der Waals surface area contributed by atoms with Crippen LogP contribution in [0.25, 0.3) is 0 Å². The van der Waals surface area contributed by atoms with E-state index in [1.807, 2.05) is 0 Å². The first-order valence-electron chi connectivity index (χ1n) is 8.31. The normalized spacial score (nSPS) is 14.9. The van der Waals surface area contributed by atoms with Crippen molar-refractivity contribution in [3.8, 4) is 0 Å². The highest BCUT2D eigenvalue weighted by atomic mass is 32.2. The maximum atomic E-state index is 12.5. The summed E-state index contributed by atoms with van der Waals surface area (Å²) in [5.41, 5.74) is 10.6. The molecule has 0 aromatic rings. The number of thioether (sulfide) groups is 1. The number of rotatable bonds is 13. The van der Waals surface area contributed by atoms with E-state index >= 15 is 0 Å². The van der Waals surface area contributed by atoms with E-state index in [1.54, 1.807) is 6.26 Å². The lowest BCUT2D eigenvalue weighted by Crippen LogP contribution is -2.57. The predicted octanol–water partition coefficient (Wildman–Crippen LogP) is -2.57. The van der Waals surface area contributed by atoms with Crippen molar-refractivity contribution in [2.24, 2.45) is 11.5 Å². The zero-order valence-corrected chi connectivity index (χ0v) is 17.3. The van der Waals surface area contributed by atoms with Gasteiger partial charge in [0, 0.05) is 5.75 Å². The Hall–Kier alpha value is -1.99. The predicted molar refractivity (Wildman–Crippen MR) is 108 cm³/mol. The average Bonchev–Trinajstić information content (AvgIpc) is 2.61. The lowest BCUT2D eigenvalue weighted by molar-refractivity contribution is -0.141. The molecule has 160 valence electrons. The van der Waals surface area contributed by atoms with Crippen molar-refractivity contribution in [2.75, 3.05) is 17.8 Å². The number of hydrogen-bond acceptors (Lipinski definition) is 8. The minimum atomic E-state index is -1.32. The van der Waals surface area contributed by atoms with E-state index in [2.05, 4.69) is 28.6 Å². The number of carbonyl (C=O) groups excluding carboxylic acids is 4. The molecule has 0 bridgehead atoms. The summed E-state index contributed by atoms with van der Waals surface area (Å²) in [7, 11) is 0. The number of aliphatic carboxylic acids is 1. The van der Waals surface area contributed by atoms with Crippen molar-refractivity contribution in [1.82, 2.24) is 16.0 Å². The number of carboxylic acids is 1. The molecule has 0 saturated carbocycles. The number of thiol groups is 1. The molecule has 0 aliphatic carbocycles. The van der Waals surface area contributed by atoms with Gasteiger partial charge in [0.1, 0.15) is 18.1 Å². The van der Waals surface area contributed by atoms with Crippen molar-refractivity contribution in [2.45, 2.75) is 43.9 Å². The Morgan fingerprint density at radius 1 is 1.00 bits per heavy atom. The van der Waals surface area contributed by atoms with Crippen LogP contribution >= 0.6 is 24.4 Å². The third-order valence-electron chi connectivity index (χ3n) is 3.49. The van der Waals surface area contributed by atoms with Crippen LogP contribution in [0.15, 0.2) is 0 Å². The fourth-order valence-electron chi connectivity index (χ4n) is 1.95. The average molecular weight is 438 g/mol. The van der Waals surface area contributed by atoms with Gasteiger partial charge in [-0.15, -0.1) is 0 Å². The number of carboxylic acid groups (broad SMARTS) is 1. The highest BCUT2D eigenvalue weighted by Gasteiger charge is 2.30. The summed E-state index contributed by atoms with van der Waals surface area (Å²) in [5, 5.41) is 16.0. The second kappa shape index (κ2) is 13.2. The van der Waals surface area contributed by atoms with E-state index in [-0.39, 0.29) is 12.2 Å². The number of nitrogens with one attached hydrogen (secondary N) is 3. The molecule has 0 spiro atoms. The molecule has 0 saturated heterocycles. The molecule has 0 fully saturated rings. The van der Waals surface area contributed by atoms with Crippen molar-refractivity contribution in [3.63, 3.8) is 0 Å². The molecule has 0 aromatic heterocycles. The van der Waals surface area contributed by atoms with Crippen LogP contribution in [0.2, 0.25) is 0 Å². The molecule has 4 unspecified atom stereocenters. The van der Waals surface area contributed by atoms with E-state index < -0.39 is 60.2 Å². The van der Waals surface area contributed by atoms with Gasteiger partial charge in [-0.1, -0.05) is 0 Å². The van der Waals surface area contributed by atoms with E-state index in [1.165, 1.54) is 18.7 Å². The van der Waals surface area contributed by atoms with Gasteiger partial charge in [0.15, 0.2) is 0 Å². The highest BCUT2D eigenvalue weighted by Crippen LogP contribution is 2.04. The molecule has 8 N–H and O–H groups in total. The smallest absolute Gasteiger partial charge is 0.327 e. The molecule has 0 radical (unpaired) electrons. The second-order valence-corrected chi connectivity index (χ2v) is 7.30. The van der Waals surface area contributed by atoms with Crippen LogP contribution in [0.3, 0.4) is 0 Å². The summed E-state index contributed by atoms with van der Waals surface area (Å²) in [6.45, 7) is 1.40. The highest BCUT2D eigenvalue weighted by molar-refractivity contribution is 7.98. The lowest BCUT2D eigenvalue weighted by Gasteiger charge is -2.24. The standard InChI is InChI=1S/C15H27N5O6S2/c1-7(16)12(22)19-9(5-11(17)21)14(24)18-8(3-4-28-2)13(23)20-10(6-27)15(25)26/h7-10,27H,3-6,16H2,1-2H3,(H2,17,21)(H,18,24)(H,19,22)(H,20,23)(H,25,26). The maximum absolute atomic E-state index is 12.5. The quantitative estimate of drug-likeness (QED) is 0.153. The summed E-state index contributed by atoms with van der Waals surface area (Å²) >= 11 is 5.28. The van der Waals surface area contributed by atoms with Crippen LogP contribution in [0, 0.1) is 0 Å². The number of amides is 4. The first-order chi connectivity index (χ1) is 13.0. The molecule has 4 amide bonds. The van der Waals surface area contributed by atoms with Gasteiger partial charge < -0.3 is 32.5 Å². The number of hydrogen-bond donors (Lipinski definition) is 7. The molecular weight excluding hydrogens is 410 g/mol. The van der Waals surface area contributed by atoms with Gasteiger partial charge in [0.05, 0.1) is 12.5 Å². The molecule has 0 rings (SSSR count). The van der Waals surface area contributed by atoms with Gasteiger partial charge in [0.25, 0.3) is 0 Å². The van der Waals surface area contributed by atoms with E-state index in [4.69, 9.17) is 16.6 Å². The molecule has 4 atom stereocenters. The molecule has 11 nitrogen and oxygen atoms in total. The van der Waals surface area contributed by atoms with Crippen LogP contribution in [0.1, 0.15) is 19.8 Å². The molecule has 13 heteroatoms. The molecule has 0 aliphatic rings. The first-order valence-corrected chi connectivity index (χ1v) is 10.3. The number of carbonyl (C=O) groups is 5. The van der Waals surface area contributed by atoms with Crippen molar-refractivity contribution >= 4 is 54.0 Å². The summed E-state index contributed by atoms with van der Waals surface area (Å²) in [4.78, 5) is 59.0. The van der Waals surface area contributed by atoms with E-state index in [0.29, 0.717) is 5.75 Å². The number of primary amides is 1. The molecule has 28 heavy (non-hydrogen) atoms. The summed E-state index contributed by atoms with van der Waals surface area (Å²) < 4.78 is 0. The van der Waals surface area contributed by atoms with Crippen LogP contribution in [0.5, 0.6) is 0 Å². The molecule has 0 aliphatic heterocycles. The second-order valence-electron chi connectivity index (χ2n) is 5.94. The Kier molecular flexibility index (Phi) is 12.3. The zero-order valence-electron chi connectivity index (χ0n) is 15.6. The minimum absolute atomic E-state index is 0.140. The maximum Gasteiger partial charge on any atom is 0.327 e. The topological polar surface area (TPSA) is 194 Å². The van der Waals surface area contributed by atoms with Crippen LogP contribution < -0.4 is 27.4 Å². The fourth-order valence-corrected chi connectivity index (χ4v) is 2.67. The van der Waals surface area contributed by atoms with Crippen LogP contribution in [-0.2, 0) is 24.0 Å². The van der Waals surface area contributed by atoms with Gasteiger partial charge in [-0.3, -0.25) is 19.2 Å². The number of nitrogens with two attached hydrogens (primary N) is 2. The van der Waals surface area contributed by atoms with Crippen LogP contribution in [-0.4, -0.2) is 76.6 Å². The van der Waals surface area contributed by atoms with Gasteiger partial charge in [0.2, 0.25) is 23.6 Å². The first kappa shape index (κ1) is 26.0. The summed E-state index contributed by atoms with van der Waals surface area (Å²) in [5.74, 6) is -3.97. The largest absolute Gasteiger partial charge is 0.480 e. The Labute approximate surface area is 172 Å². The molecular formula is C15H27N5O6S2. The van der Waals surface area contributed by atoms with Crippen molar-refractivity contribution in [3.05, 3.63) is 0 Å². The summed E-state index contributed by atoms with van der Waals surface area (Å²) in [6.07, 6.45) is 1.50. The van der Waals surface area contributed by atoms with Crippen molar-refractivity contribution < 1.29 is 29.1 Å².